The third kappa shape index (κ3) is 3.77. The fourth-order valence-electron chi connectivity index (χ4n) is 5.06. The summed E-state index contributed by atoms with van der Waals surface area (Å²) in [5.41, 5.74) is 6.51. The molecule has 1 saturated heterocycles. The molecule has 4 heterocycles. The highest BCUT2D eigenvalue weighted by atomic mass is 79.9. The lowest BCUT2D eigenvalue weighted by molar-refractivity contribution is 0.174. The number of pyridine rings is 1. The number of hydrogen-bond acceptors (Lipinski definition) is 4. The van der Waals surface area contributed by atoms with Gasteiger partial charge in [-0.15, -0.1) is 0 Å². The Morgan fingerprint density at radius 2 is 1.74 bits per heavy atom. The van der Waals surface area contributed by atoms with Gasteiger partial charge in [0.1, 0.15) is 0 Å². The summed E-state index contributed by atoms with van der Waals surface area (Å²) in [4.78, 5) is 6.85. The normalized spacial score (nSPS) is 18.7. The third-order valence-corrected chi connectivity index (χ3v) is 7.45. The zero-order chi connectivity index (χ0) is 24.1. The molecule has 2 aliphatic rings. The highest BCUT2D eigenvalue weighted by molar-refractivity contribution is 9.10. The monoisotopic (exact) mass is 546 g/mol. The van der Waals surface area contributed by atoms with Gasteiger partial charge < -0.3 is 24.3 Å². The van der Waals surface area contributed by atoms with E-state index in [1.807, 2.05) is 42.6 Å². The van der Waals surface area contributed by atoms with Crippen molar-refractivity contribution in [2.45, 2.75) is 25.9 Å². The van der Waals surface area contributed by atoms with Crippen molar-refractivity contribution >= 4 is 38.9 Å². The molecule has 4 aromatic rings. The van der Waals surface area contributed by atoms with Gasteiger partial charge in [-0.3, -0.25) is 4.98 Å². The number of aromatic nitrogens is 2. The van der Waals surface area contributed by atoms with E-state index in [-0.39, 0.29) is 18.9 Å². The summed E-state index contributed by atoms with van der Waals surface area (Å²) in [7, 11) is 0. The summed E-state index contributed by atoms with van der Waals surface area (Å²) in [5.74, 6) is 1.48. The molecule has 0 spiro atoms. The summed E-state index contributed by atoms with van der Waals surface area (Å²) in [6, 6.07) is 22.4. The SMILES string of the molecule is Cc1cc(C2C(c3ccccn3)NC(=S)N2c2ccc3c(c2)OCO3)c(C)n1-c1ccc(Br)cc1. The standard InChI is InChI=1S/C27H23BrN4O2S/c1-16-13-21(17(2)31(16)19-8-6-18(28)7-9-19)26-25(22-5-3-4-12-29-22)30-27(35)32(26)20-10-11-23-24(14-20)34-15-33-23/h3-14,25-26H,15H2,1-2H3,(H,30,35). The van der Waals surface area contributed by atoms with Crippen molar-refractivity contribution in [2.75, 3.05) is 11.7 Å². The molecule has 0 saturated carbocycles. The largest absolute Gasteiger partial charge is 0.454 e. The minimum absolute atomic E-state index is 0.104. The number of nitrogens with zero attached hydrogens (tertiary/aromatic N) is 3. The van der Waals surface area contributed by atoms with Crippen LogP contribution in [0.4, 0.5) is 5.69 Å². The van der Waals surface area contributed by atoms with Crippen LogP contribution in [0.3, 0.4) is 0 Å². The second-order valence-corrected chi connectivity index (χ2v) is 9.97. The van der Waals surface area contributed by atoms with E-state index in [2.05, 4.69) is 79.9 Å². The van der Waals surface area contributed by atoms with Crippen LogP contribution in [0.5, 0.6) is 11.5 Å². The molecule has 0 bridgehead atoms. The molecule has 2 atom stereocenters. The van der Waals surface area contributed by atoms with Crippen LogP contribution >= 0.6 is 28.1 Å². The Morgan fingerprint density at radius 3 is 2.51 bits per heavy atom. The zero-order valence-corrected chi connectivity index (χ0v) is 21.6. The van der Waals surface area contributed by atoms with Gasteiger partial charge in [0.2, 0.25) is 6.79 Å². The molecule has 1 fully saturated rings. The van der Waals surface area contributed by atoms with Crippen molar-refractivity contribution in [3.63, 3.8) is 0 Å². The first kappa shape index (κ1) is 22.1. The Labute approximate surface area is 217 Å². The van der Waals surface area contributed by atoms with Gasteiger partial charge in [0, 0.05) is 39.5 Å². The van der Waals surface area contributed by atoms with Crippen molar-refractivity contribution in [2.24, 2.45) is 0 Å². The van der Waals surface area contributed by atoms with Crippen molar-refractivity contribution in [3.8, 4) is 17.2 Å². The molecule has 176 valence electrons. The van der Waals surface area contributed by atoms with Crippen molar-refractivity contribution < 1.29 is 9.47 Å². The lowest BCUT2D eigenvalue weighted by Gasteiger charge is -2.28. The van der Waals surface area contributed by atoms with Crippen LogP contribution in [0.2, 0.25) is 0 Å². The Bertz CT molecular complexity index is 1420. The second kappa shape index (κ2) is 8.70. The number of ether oxygens (including phenoxy) is 2. The lowest BCUT2D eigenvalue weighted by Crippen LogP contribution is -2.29. The van der Waals surface area contributed by atoms with Crippen molar-refractivity contribution in [3.05, 3.63) is 100 Å². The quantitative estimate of drug-likeness (QED) is 0.309. The molecule has 0 amide bonds. The van der Waals surface area contributed by atoms with Gasteiger partial charge in [0.15, 0.2) is 16.6 Å². The van der Waals surface area contributed by atoms with Gasteiger partial charge in [-0.2, -0.15) is 0 Å². The van der Waals surface area contributed by atoms with Gasteiger partial charge in [0.05, 0.1) is 17.8 Å². The molecule has 35 heavy (non-hydrogen) atoms. The third-order valence-electron chi connectivity index (χ3n) is 6.61. The Hall–Kier alpha value is -3.36. The van der Waals surface area contributed by atoms with E-state index >= 15 is 0 Å². The highest BCUT2D eigenvalue weighted by Gasteiger charge is 2.42. The van der Waals surface area contributed by atoms with Gasteiger partial charge in [-0.1, -0.05) is 22.0 Å². The second-order valence-electron chi connectivity index (χ2n) is 8.67. The maximum atomic E-state index is 5.90. The van der Waals surface area contributed by atoms with E-state index in [1.54, 1.807) is 0 Å². The Kier molecular flexibility index (Phi) is 5.50. The molecular formula is C27H23BrN4O2S. The molecular weight excluding hydrogens is 524 g/mol. The number of nitrogens with one attached hydrogen (secondary N) is 1. The van der Waals surface area contributed by atoms with Crippen LogP contribution < -0.4 is 19.7 Å². The summed E-state index contributed by atoms with van der Waals surface area (Å²) in [6.07, 6.45) is 1.82. The molecule has 2 aromatic heterocycles. The number of hydrogen-bond donors (Lipinski definition) is 1. The fraction of sp³-hybridized carbons (Fsp3) is 0.185. The van der Waals surface area contributed by atoms with Gasteiger partial charge in [-0.05, 0) is 86.2 Å². The van der Waals surface area contributed by atoms with E-state index in [1.165, 1.54) is 5.56 Å². The summed E-state index contributed by atoms with van der Waals surface area (Å²) >= 11 is 9.44. The predicted molar refractivity (Wildman–Crippen MR) is 143 cm³/mol. The van der Waals surface area contributed by atoms with Crippen LogP contribution in [-0.2, 0) is 0 Å². The number of halogens is 1. The molecule has 0 radical (unpaired) electrons. The summed E-state index contributed by atoms with van der Waals surface area (Å²) < 4.78 is 14.5. The molecule has 6 nitrogen and oxygen atoms in total. The van der Waals surface area contributed by atoms with Crippen LogP contribution in [-0.4, -0.2) is 21.5 Å². The number of benzene rings is 2. The number of aryl methyl sites for hydroxylation is 1. The molecule has 6 rings (SSSR count). The smallest absolute Gasteiger partial charge is 0.231 e. The minimum atomic E-state index is -0.118. The molecule has 2 unspecified atom stereocenters. The van der Waals surface area contributed by atoms with Gasteiger partial charge in [-0.25, -0.2) is 0 Å². The maximum absolute atomic E-state index is 5.90. The molecule has 2 aliphatic heterocycles. The summed E-state index contributed by atoms with van der Waals surface area (Å²) in [6.45, 7) is 4.54. The summed E-state index contributed by atoms with van der Waals surface area (Å²) in [5, 5.41) is 4.20. The first-order valence-electron chi connectivity index (χ1n) is 11.4. The number of rotatable bonds is 4. The number of thiocarbonyl (C=S) groups is 1. The van der Waals surface area contributed by atoms with Crippen molar-refractivity contribution in [1.29, 1.82) is 0 Å². The number of fused-ring (bicyclic) bond motifs is 1. The van der Waals surface area contributed by atoms with E-state index in [0.29, 0.717) is 5.11 Å². The lowest BCUT2D eigenvalue weighted by atomic mass is 9.96. The Morgan fingerprint density at radius 1 is 0.971 bits per heavy atom. The van der Waals surface area contributed by atoms with E-state index in [9.17, 15) is 0 Å². The first-order chi connectivity index (χ1) is 17.0. The highest BCUT2D eigenvalue weighted by Crippen LogP contribution is 2.46. The van der Waals surface area contributed by atoms with E-state index in [0.717, 1.165) is 44.4 Å². The number of anilines is 1. The van der Waals surface area contributed by atoms with E-state index in [4.69, 9.17) is 21.7 Å². The van der Waals surface area contributed by atoms with Gasteiger partial charge in [0.25, 0.3) is 0 Å². The first-order valence-corrected chi connectivity index (χ1v) is 12.6. The average molecular weight is 547 g/mol. The van der Waals surface area contributed by atoms with Crippen LogP contribution in [0, 0.1) is 13.8 Å². The topological polar surface area (TPSA) is 51.6 Å². The molecule has 8 heteroatoms. The minimum Gasteiger partial charge on any atom is -0.454 e. The van der Waals surface area contributed by atoms with Crippen LogP contribution in [0.15, 0.2) is 77.4 Å². The fourth-order valence-corrected chi connectivity index (χ4v) is 5.67. The average Bonchev–Trinajstić information content (AvgIpc) is 3.55. The molecule has 2 aromatic carbocycles. The zero-order valence-electron chi connectivity index (χ0n) is 19.2. The van der Waals surface area contributed by atoms with E-state index < -0.39 is 0 Å². The molecule has 0 aliphatic carbocycles. The van der Waals surface area contributed by atoms with Crippen LogP contribution in [0.1, 0.15) is 34.7 Å². The molecule has 1 N–H and O–H groups in total. The van der Waals surface area contributed by atoms with Crippen LogP contribution in [0.25, 0.3) is 5.69 Å². The maximum Gasteiger partial charge on any atom is 0.231 e. The van der Waals surface area contributed by atoms with Gasteiger partial charge >= 0.3 is 0 Å². The Balaban J connectivity index is 1.51. The van der Waals surface area contributed by atoms with Crippen molar-refractivity contribution in [1.82, 2.24) is 14.9 Å². The predicted octanol–water partition coefficient (Wildman–Crippen LogP) is 6.16.